The molecule has 0 spiro atoms. The smallest absolute Gasteiger partial charge is 0.253 e. The molecule has 2 aliphatic heterocycles. The molecule has 164 valence electrons. The molecule has 0 aromatic heterocycles. The SMILES string of the molecule is O=C(CN1CCC(CCN2CCOCC2)CC1)Nc1ccccc1C(=O)NC1CC1. The van der Waals surface area contributed by atoms with Gasteiger partial charge in [-0.05, 0) is 69.8 Å². The van der Waals surface area contributed by atoms with E-state index in [1.54, 1.807) is 12.1 Å². The molecule has 0 radical (unpaired) electrons. The van der Waals surface area contributed by atoms with Crippen molar-refractivity contribution in [2.75, 3.05) is 57.8 Å². The number of ether oxygens (including phenoxy) is 1. The van der Waals surface area contributed by atoms with Crippen molar-refractivity contribution in [1.82, 2.24) is 15.1 Å². The lowest BCUT2D eigenvalue weighted by molar-refractivity contribution is -0.117. The number of hydrogen-bond donors (Lipinski definition) is 2. The molecule has 1 saturated carbocycles. The van der Waals surface area contributed by atoms with Gasteiger partial charge in [-0.1, -0.05) is 12.1 Å². The quantitative estimate of drug-likeness (QED) is 0.680. The van der Waals surface area contributed by atoms with E-state index in [0.717, 1.165) is 77.5 Å². The molecule has 2 N–H and O–H groups in total. The summed E-state index contributed by atoms with van der Waals surface area (Å²) < 4.78 is 5.42. The van der Waals surface area contributed by atoms with Crippen LogP contribution in [0.2, 0.25) is 0 Å². The Bertz CT molecular complexity index is 723. The van der Waals surface area contributed by atoms with Crippen molar-refractivity contribution in [3.05, 3.63) is 29.8 Å². The Morgan fingerprint density at radius 2 is 1.70 bits per heavy atom. The van der Waals surface area contributed by atoms with Crippen LogP contribution in [0.5, 0.6) is 0 Å². The van der Waals surface area contributed by atoms with Crippen LogP contribution in [0.1, 0.15) is 42.5 Å². The fourth-order valence-electron chi connectivity index (χ4n) is 4.30. The van der Waals surface area contributed by atoms with Crippen LogP contribution < -0.4 is 10.6 Å². The van der Waals surface area contributed by atoms with Gasteiger partial charge in [-0.25, -0.2) is 0 Å². The van der Waals surface area contributed by atoms with Crippen LogP contribution in [0.25, 0.3) is 0 Å². The molecule has 0 bridgehead atoms. The Labute approximate surface area is 179 Å². The Hall–Kier alpha value is -1.96. The van der Waals surface area contributed by atoms with Gasteiger partial charge in [0.2, 0.25) is 5.91 Å². The van der Waals surface area contributed by atoms with E-state index >= 15 is 0 Å². The molecule has 1 aromatic carbocycles. The Kier molecular flexibility index (Phi) is 7.36. The number of anilines is 1. The summed E-state index contributed by atoms with van der Waals surface area (Å²) in [6.45, 7) is 7.30. The van der Waals surface area contributed by atoms with Crippen LogP contribution in [-0.2, 0) is 9.53 Å². The number of hydrogen-bond acceptors (Lipinski definition) is 5. The number of nitrogens with one attached hydrogen (secondary N) is 2. The number of para-hydroxylation sites is 1. The van der Waals surface area contributed by atoms with Gasteiger partial charge in [-0.2, -0.15) is 0 Å². The molecule has 2 saturated heterocycles. The second-order valence-corrected chi connectivity index (χ2v) is 8.80. The summed E-state index contributed by atoms with van der Waals surface area (Å²) in [5.74, 6) is 0.599. The maximum absolute atomic E-state index is 12.6. The summed E-state index contributed by atoms with van der Waals surface area (Å²) in [4.78, 5) is 29.7. The molecule has 0 unspecified atom stereocenters. The number of amides is 2. The highest BCUT2D eigenvalue weighted by molar-refractivity contribution is 6.04. The molecule has 7 nitrogen and oxygen atoms in total. The summed E-state index contributed by atoms with van der Waals surface area (Å²) in [6, 6.07) is 7.55. The number of likely N-dealkylation sites (tertiary alicyclic amines) is 1. The average molecular weight is 415 g/mol. The van der Waals surface area contributed by atoms with Crippen LogP contribution in [-0.4, -0.2) is 80.1 Å². The number of morpholine rings is 1. The monoisotopic (exact) mass is 414 g/mol. The number of benzene rings is 1. The second-order valence-electron chi connectivity index (χ2n) is 8.80. The van der Waals surface area contributed by atoms with Crippen molar-refractivity contribution in [3.8, 4) is 0 Å². The normalized spacial score (nSPS) is 21.3. The standard InChI is InChI=1S/C23H34N4O3/c28-22(25-21-4-2-1-3-20(21)23(29)24-19-5-6-19)17-27-11-8-18(9-12-27)7-10-26-13-15-30-16-14-26/h1-4,18-19H,5-17H2,(H,24,29)(H,25,28). The fraction of sp³-hybridized carbons (Fsp3) is 0.652. The molecule has 2 amide bonds. The van der Waals surface area contributed by atoms with E-state index in [0.29, 0.717) is 23.8 Å². The lowest BCUT2D eigenvalue weighted by atomic mass is 9.93. The van der Waals surface area contributed by atoms with Gasteiger partial charge in [0.1, 0.15) is 0 Å². The van der Waals surface area contributed by atoms with E-state index in [9.17, 15) is 9.59 Å². The van der Waals surface area contributed by atoms with Crippen molar-refractivity contribution < 1.29 is 14.3 Å². The summed E-state index contributed by atoms with van der Waals surface area (Å²) in [5, 5.41) is 5.95. The van der Waals surface area contributed by atoms with Crippen LogP contribution in [0.15, 0.2) is 24.3 Å². The molecule has 3 fully saturated rings. The predicted molar refractivity (Wildman–Crippen MR) is 117 cm³/mol. The van der Waals surface area contributed by atoms with Crippen LogP contribution in [0.3, 0.4) is 0 Å². The minimum Gasteiger partial charge on any atom is -0.379 e. The Morgan fingerprint density at radius 1 is 0.967 bits per heavy atom. The van der Waals surface area contributed by atoms with Crippen molar-refractivity contribution in [2.24, 2.45) is 5.92 Å². The van der Waals surface area contributed by atoms with Gasteiger partial charge in [-0.15, -0.1) is 0 Å². The summed E-state index contributed by atoms with van der Waals surface area (Å²) >= 11 is 0. The fourth-order valence-corrected chi connectivity index (χ4v) is 4.30. The molecule has 4 rings (SSSR count). The Morgan fingerprint density at radius 3 is 2.43 bits per heavy atom. The predicted octanol–water partition coefficient (Wildman–Crippen LogP) is 1.95. The summed E-state index contributed by atoms with van der Waals surface area (Å²) in [7, 11) is 0. The van der Waals surface area contributed by atoms with Crippen LogP contribution in [0.4, 0.5) is 5.69 Å². The van der Waals surface area contributed by atoms with Gasteiger partial charge < -0.3 is 15.4 Å². The van der Waals surface area contributed by atoms with Gasteiger partial charge in [0.05, 0.1) is 31.0 Å². The van der Waals surface area contributed by atoms with Gasteiger partial charge in [0.15, 0.2) is 0 Å². The van der Waals surface area contributed by atoms with E-state index in [1.165, 1.54) is 6.42 Å². The highest BCUT2D eigenvalue weighted by atomic mass is 16.5. The van der Waals surface area contributed by atoms with Gasteiger partial charge >= 0.3 is 0 Å². The molecule has 2 heterocycles. The first-order valence-electron chi connectivity index (χ1n) is 11.4. The van der Waals surface area contributed by atoms with E-state index in [1.807, 2.05) is 12.1 Å². The third kappa shape index (κ3) is 6.27. The first-order valence-corrected chi connectivity index (χ1v) is 11.4. The number of carbonyl (C=O) groups is 2. The highest BCUT2D eigenvalue weighted by Gasteiger charge is 2.26. The van der Waals surface area contributed by atoms with Crippen molar-refractivity contribution >= 4 is 17.5 Å². The van der Waals surface area contributed by atoms with Crippen molar-refractivity contribution in [3.63, 3.8) is 0 Å². The zero-order valence-electron chi connectivity index (χ0n) is 17.8. The number of carbonyl (C=O) groups excluding carboxylic acids is 2. The molecular weight excluding hydrogens is 380 g/mol. The molecule has 7 heteroatoms. The maximum Gasteiger partial charge on any atom is 0.253 e. The number of nitrogens with zero attached hydrogens (tertiary/aromatic N) is 2. The molecule has 3 aliphatic rings. The third-order valence-electron chi connectivity index (χ3n) is 6.39. The zero-order valence-corrected chi connectivity index (χ0v) is 17.8. The molecule has 1 aromatic rings. The van der Waals surface area contributed by atoms with Crippen LogP contribution >= 0.6 is 0 Å². The first-order chi connectivity index (χ1) is 14.7. The minimum absolute atomic E-state index is 0.0477. The van der Waals surface area contributed by atoms with Crippen molar-refractivity contribution in [2.45, 2.75) is 38.1 Å². The number of rotatable bonds is 8. The van der Waals surface area contributed by atoms with E-state index in [2.05, 4.69) is 20.4 Å². The molecule has 30 heavy (non-hydrogen) atoms. The lowest BCUT2D eigenvalue weighted by Crippen LogP contribution is -2.41. The first kappa shape index (κ1) is 21.3. The molecule has 0 atom stereocenters. The van der Waals surface area contributed by atoms with E-state index in [4.69, 9.17) is 4.74 Å². The van der Waals surface area contributed by atoms with E-state index < -0.39 is 0 Å². The number of piperidine rings is 1. The maximum atomic E-state index is 12.6. The zero-order chi connectivity index (χ0) is 20.8. The molecule has 1 aliphatic carbocycles. The summed E-state index contributed by atoms with van der Waals surface area (Å²) in [6.07, 6.45) is 5.63. The van der Waals surface area contributed by atoms with Crippen molar-refractivity contribution in [1.29, 1.82) is 0 Å². The minimum atomic E-state index is -0.102. The van der Waals surface area contributed by atoms with Crippen LogP contribution in [0, 0.1) is 5.92 Å². The third-order valence-corrected chi connectivity index (χ3v) is 6.39. The van der Waals surface area contributed by atoms with Gasteiger partial charge in [-0.3, -0.25) is 19.4 Å². The highest BCUT2D eigenvalue weighted by Crippen LogP contribution is 2.23. The Balaban J connectivity index is 1.19. The topological polar surface area (TPSA) is 73.9 Å². The molecular formula is C23H34N4O3. The summed E-state index contributed by atoms with van der Waals surface area (Å²) in [5.41, 5.74) is 1.14. The van der Waals surface area contributed by atoms with Gasteiger partial charge in [0.25, 0.3) is 5.91 Å². The largest absolute Gasteiger partial charge is 0.379 e. The average Bonchev–Trinajstić information content (AvgIpc) is 3.58. The lowest BCUT2D eigenvalue weighted by Gasteiger charge is -2.33. The second kappa shape index (κ2) is 10.4. The van der Waals surface area contributed by atoms with E-state index in [-0.39, 0.29) is 11.8 Å². The van der Waals surface area contributed by atoms with Gasteiger partial charge in [0, 0.05) is 19.1 Å².